The lowest BCUT2D eigenvalue weighted by Crippen LogP contribution is -2.41. The fourth-order valence-electron chi connectivity index (χ4n) is 2.80. The molecule has 2 N–H and O–H groups in total. The van der Waals surface area contributed by atoms with Crippen molar-refractivity contribution in [2.45, 2.75) is 25.5 Å². The third kappa shape index (κ3) is 3.97. The minimum Gasteiger partial charge on any atom is -0.490 e. The predicted molar refractivity (Wildman–Crippen MR) is 89.2 cm³/mol. The first-order chi connectivity index (χ1) is 12.1. The number of likely N-dealkylation sites (tertiary alicyclic amines) is 1. The number of carbonyl (C=O) groups is 1. The molecule has 1 amide bonds. The van der Waals surface area contributed by atoms with Crippen molar-refractivity contribution in [3.05, 3.63) is 58.0 Å². The van der Waals surface area contributed by atoms with Gasteiger partial charge in [0.15, 0.2) is 0 Å². The first-order valence-corrected chi connectivity index (χ1v) is 8.04. The Hall–Kier alpha value is -2.87. The van der Waals surface area contributed by atoms with Crippen LogP contribution in [0.4, 0.5) is 5.69 Å². The Morgan fingerprint density at radius 2 is 2.00 bits per heavy atom. The predicted octanol–water partition coefficient (Wildman–Crippen LogP) is 2.33. The maximum absolute atomic E-state index is 12.4. The molecule has 0 aliphatic carbocycles. The molecule has 1 saturated heterocycles. The summed E-state index contributed by atoms with van der Waals surface area (Å²) >= 11 is 0. The number of nitro benzene ring substituents is 1. The molecule has 2 aromatic rings. The lowest BCUT2D eigenvalue weighted by atomic mass is 10.1. The van der Waals surface area contributed by atoms with Crippen LogP contribution in [0.25, 0.3) is 0 Å². The summed E-state index contributed by atoms with van der Waals surface area (Å²) < 4.78 is 11.1. The van der Waals surface area contributed by atoms with Crippen LogP contribution >= 0.6 is 0 Å². The van der Waals surface area contributed by atoms with Gasteiger partial charge in [0.2, 0.25) is 0 Å². The molecule has 0 unspecified atom stereocenters. The van der Waals surface area contributed by atoms with Crippen molar-refractivity contribution in [1.29, 1.82) is 0 Å². The lowest BCUT2D eigenvalue weighted by molar-refractivity contribution is -0.384. The van der Waals surface area contributed by atoms with Crippen LogP contribution in [-0.4, -0.2) is 34.9 Å². The van der Waals surface area contributed by atoms with Crippen LogP contribution in [0.3, 0.4) is 0 Å². The van der Waals surface area contributed by atoms with Crippen molar-refractivity contribution >= 4 is 11.6 Å². The molecular formula is C17H19N3O5. The lowest BCUT2D eigenvalue weighted by Gasteiger charge is -2.32. The molecule has 1 aliphatic rings. The molecule has 0 spiro atoms. The third-order valence-electron chi connectivity index (χ3n) is 4.18. The zero-order chi connectivity index (χ0) is 17.8. The number of carbonyl (C=O) groups excluding carboxylic acids is 1. The van der Waals surface area contributed by atoms with Gasteiger partial charge in [0, 0.05) is 38.1 Å². The highest BCUT2D eigenvalue weighted by atomic mass is 16.6. The minimum atomic E-state index is -0.445. The van der Waals surface area contributed by atoms with Crippen LogP contribution < -0.4 is 10.5 Å². The van der Waals surface area contributed by atoms with Crippen LogP contribution in [0.2, 0.25) is 0 Å². The Morgan fingerprint density at radius 3 is 2.56 bits per heavy atom. The first-order valence-electron chi connectivity index (χ1n) is 8.04. The maximum atomic E-state index is 12.4. The van der Waals surface area contributed by atoms with E-state index < -0.39 is 4.92 Å². The fraction of sp³-hybridized carbons (Fsp3) is 0.353. The highest BCUT2D eigenvalue weighted by Gasteiger charge is 2.25. The van der Waals surface area contributed by atoms with E-state index in [1.54, 1.807) is 23.1 Å². The fourth-order valence-corrected chi connectivity index (χ4v) is 2.80. The van der Waals surface area contributed by atoms with Crippen molar-refractivity contribution in [2.75, 3.05) is 13.1 Å². The maximum Gasteiger partial charge on any atom is 0.269 e. The molecule has 0 radical (unpaired) electrons. The Morgan fingerprint density at radius 1 is 1.32 bits per heavy atom. The van der Waals surface area contributed by atoms with E-state index in [9.17, 15) is 14.9 Å². The summed E-state index contributed by atoms with van der Waals surface area (Å²) in [6, 6.07) is 7.69. The zero-order valence-electron chi connectivity index (χ0n) is 13.6. The SMILES string of the molecule is NCc1cc(C(=O)N2CCC(Oc3ccc([N+](=O)[O-])cc3)CC2)co1. The average Bonchev–Trinajstić information content (AvgIpc) is 3.11. The average molecular weight is 345 g/mol. The first kappa shape index (κ1) is 17.0. The number of nitrogens with two attached hydrogens (primary N) is 1. The molecule has 132 valence electrons. The van der Waals surface area contributed by atoms with Crippen molar-refractivity contribution in [3.63, 3.8) is 0 Å². The summed E-state index contributed by atoms with van der Waals surface area (Å²) in [5.41, 5.74) is 6.03. The summed E-state index contributed by atoms with van der Waals surface area (Å²) in [5, 5.41) is 10.7. The number of nitro groups is 1. The zero-order valence-corrected chi connectivity index (χ0v) is 13.6. The Labute approximate surface area is 144 Å². The Bertz CT molecular complexity index is 748. The van der Waals surface area contributed by atoms with Crippen molar-refractivity contribution in [1.82, 2.24) is 4.90 Å². The van der Waals surface area contributed by atoms with E-state index >= 15 is 0 Å². The number of ether oxygens (including phenoxy) is 1. The van der Waals surface area contributed by atoms with E-state index in [0.29, 0.717) is 43.0 Å². The van der Waals surface area contributed by atoms with Crippen LogP contribution in [-0.2, 0) is 6.54 Å². The molecule has 0 atom stereocenters. The second-order valence-corrected chi connectivity index (χ2v) is 5.87. The van der Waals surface area contributed by atoms with Crippen LogP contribution in [0, 0.1) is 10.1 Å². The Balaban J connectivity index is 1.53. The van der Waals surface area contributed by atoms with Crippen molar-refractivity contribution < 1.29 is 18.9 Å². The topological polar surface area (TPSA) is 112 Å². The van der Waals surface area contributed by atoms with Crippen LogP contribution in [0.5, 0.6) is 5.75 Å². The van der Waals surface area contributed by atoms with Gasteiger partial charge < -0.3 is 19.8 Å². The number of piperidine rings is 1. The second-order valence-electron chi connectivity index (χ2n) is 5.87. The summed E-state index contributed by atoms with van der Waals surface area (Å²) in [7, 11) is 0. The summed E-state index contributed by atoms with van der Waals surface area (Å²) in [6.45, 7) is 1.43. The van der Waals surface area contributed by atoms with Crippen LogP contribution in [0.1, 0.15) is 29.0 Å². The van der Waals surface area contributed by atoms with E-state index in [1.165, 1.54) is 18.4 Å². The van der Waals surface area contributed by atoms with Gasteiger partial charge in [-0.1, -0.05) is 0 Å². The number of benzene rings is 1. The standard InChI is InChI=1S/C17H19N3O5/c18-10-16-9-12(11-24-16)17(21)19-7-5-15(6-8-19)25-14-3-1-13(2-4-14)20(22)23/h1-4,9,11,15H,5-8,10,18H2. The summed E-state index contributed by atoms with van der Waals surface area (Å²) in [4.78, 5) is 24.4. The van der Waals surface area contributed by atoms with Crippen molar-refractivity contribution in [3.8, 4) is 5.75 Å². The number of nitrogens with zero attached hydrogens (tertiary/aromatic N) is 2. The highest BCUT2D eigenvalue weighted by molar-refractivity contribution is 5.94. The smallest absolute Gasteiger partial charge is 0.269 e. The molecule has 0 saturated carbocycles. The number of hydrogen-bond donors (Lipinski definition) is 1. The number of hydrogen-bond acceptors (Lipinski definition) is 6. The summed E-state index contributed by atoms with van der Waals surface area (Å²) in [6.07, 6.45) is 2.81. The number of amides is 1. The van der Waals surface area contributed by atoms with Gasteiger partial charge in [-0.3, -0.25) is 14.9 Å². The molecule has 8 heteroatoms. The molecule has 1 fully saturated rings. The molecule has 8 nitrogen and oxygen atoms in total. The van der Waals surface area contributed by atoms with E-state index in [0.717, 1.165) is 0 Å². The van der Waals surface area contributed by atoms with Gasteiger partial charge in [-0.15, -0.1) is 0 Å². The third-order valence-corrected chi connectivity index (χ3v) is 4.18. The molecule has 1 aromatic heterocycles. The van der Waals surface area contributed by atoms with Crippen LogP contribution in [0.15, 0.2) is 41.0 Å². The van der Waals surface area contributed by atoms with Gasteiger partial charge in [0.1, 0.15) is 23.9 Å². The number of rotatable bonds is 5. The quantitative estimate of drug-likeness (QED) is 0.657. The van der Waals surface area contributed by atoms with E-state index in [2.05, 4.69) is 0 Å². The van der Waals surface area contributed by atoms with E-state index in [4.69, 9.17) is 14.9 Å². The molecule has 1 aromatic carbocycles. The monoisotopic (exact) mass is 345 g/mol. The van der Waals surface area contributed by atoms with Gasteiger partial charge in [-0.2, -0.15) is 0 Å². The molecule has 25 heavy (non-hydrogen) atoms. The van der Waals surface area contributed by atoms with E-state index in [1.807, 2.05) is 0 Å². The van der Waals surface area contributed by atoms with Gasteiger partial charge in [-0.05, 0) is 18.2 Å². The van der Waals surface area contributed by atoms with E-state index in [-0.39, 0.29) is 24.2 Å². The van der Waals surface area contributed by atoms with Gasteiger partial charge in [0.25, 0.3) is 11.6 Å². The van der Waals surface area contributed by atoms with Gasteiger partial charge >= 0.3 is 0 Å². The van der Waals surface area contributed by atoms with Gasteiger partial charge in [0.05, 0.1) is 17.0 Å². The summed E-state index contributed by atoms with van der Waals surface area (Å²) in [5.74, 6) is 1.11. The molecule has 0 bridgehead atoms. The molecule has 1 aliphatic heterocycles. The Kier molecular flexibility index (Phi) is 4.99. The molecule has 3 rings (SSSR count). The highest BCUT2D eigenvalue weighted by Crippen LogP contribution is 2.23. The largest absolute Gasteiger partial charge is 0.490 e. The molecule has 2 heterocycles. The number of non-ortho nitro benzene ring substituents is 1. The van der Waals surface area contributed by atoms with Gasteiger partial charge in [-0.25, -0.2) is 0 Å². The van der Waals surface area contributed by atoms with Crippen molar-refractivity contribution in [2.24, 2.45) is 5.73 Å². The minimum absolute atomic E-state index is 0.0190. The molecular weight excluding hydrogens is 326 g/mol. The second kappa shape index (κ2) is 7.35. The number of furan rings is 1. The normalized spacial score (nSPS) is 15.2.